The van der Waals surface area contributed by atoms with E-state index in [1.54, 1.807) is 6.08 Å². The second-order valence-corrected chi connectivity index (χ2v) is 5.68. The van der Waals surface area contributed by atoms with E-state index in [0.29, 0.717) is 6.42 Å². The van der Waals surface area contributed by atoms with Crippen LogP contribution in [0.2, 0.25) is 0 Å². The molecule has 3 nitrogen and oxygen atoms in total. The highest BCUT2D eigenvalue weighted by atomic mass is 19.1. The molecule has 0 aliphatic rings. The summed E-state index contributed by atoms with van der Waals surface area (Å²) in [6, 6.07) is 4.61. The van der Waals surface area contributed by atoms with E-state index in [9.17, 15) is 18.0 Å². The van der Waals surface area contributed by atoms with Crippen molar-refractivity contribution in [2.24, 2.45) is 0 Å². The molecule has 0 aliphatic heterocycles. The van der Waals surface area contributed by atoms with Crippen LogP contribution < -0.4 is 11.5 Å². The van der Waals surface area contributed by atoms with Gasteiger partial charge in [-0.15, -0.1) is 0 Å². The first kappa shape index (κ1) is 18.6. The number of halogens is 3. The molecule has 132 valence electrons. The number of benzene rings is 2. The van der Waals surface area contributed by atoms with Crippen molar-refractivity contribution in [3.63, 3.8) is 0 Å². The zero-order valence-corrected chi connectivity index (χ0v) is 14.0. The summed E-state index contributed by atoms with van der Waals surface area (Å²) in [4.78, 5) is 11.8. The van der Waals surface area contributed by atoms with Gasteiger partial charge >= 0.3 is 0 Å². The number of nitrogen functional groups attached to an aromatic ring is 2. The smallest absolute Gasteiger partial charge is 0.160 e. The monoisotopic (exact) mass is 348 g/mol. The van der Waals surface area contributed by atoms with Crippen LogP contribution in [0.3, 0.4) is 0 Å². The Bertz CT molecular complexity index is 860. The highest BCUT2D eigenvalue weighted by molar-refractivity contribution is 6.21. The summed E-state index contributed by atoms with van der Waals surface area (Å²) in [5.74, 6) is -3.27. The molecule has 2 aromatic carbocycles. The standard InChI is InChI=1S/C19H19F3N2O/c1-3-4-5-11(10(2)25)12-6-7-13(17(21)19(12)24)16-14(20)8-9-15(23)18(16)22/h5-9H,3-4,23-24H2,1-2H3/b11-5-. The topological polar surface area (TPSA) is 69.1 Å². The van der Waals surface area contributed by atoms with E-state index in [-0.39, 0.29) is 33.9 Å². The summed E-state index contributed by atoms with van der Waals surface area (Å²) in [5.41, 5.74) is 10.2. The van der Waals surface area contributed by atoms with Crippen LogP contribution >= 0.6 is 0 Å². The highest BCUT2D eigenvalue weighted by Gasteiger charge is 2.22. The number of unbranched alkanes of at least 4 members (excludes halogenated alkanes) is 1. The Kier molecular flexibility index (Phi) is 5.51. The largest absolute Gasteiger partial charge is 0.396 e. The Morgan fingerprint density at radius 2 is 1.76 bits per heavy atom. The van der Waals surface area contributed by atoms with Crippen molar-refractivity contribution in [1.29, 1.82) is 0 Å². The van der Waals surface area contributed by atoms with Gasteiger partial charge < -0.3 is 11.5 Å². The lowest BCUT2D eigenvalue weighted by molar-refractivity contribution is -0.111. The maximum atomic E-state index is 14.7. The van der Waals surface area contributed by atoms with Crippen molar-refractivity contribution in [3.05, 3.63) is 53.4 Å². The molecule has 0 saturated heterocycles. The van der Waals surface area contributed by atoms with Gasteiger partial charge in [-0.25, -0.2) is 13.2 Å². The van der Waals surface area contributed by atoms with Crippen molar-refractivity contribution in [2.45, 2.75) is 26.7 Å². The lowest BCUT2D eigenvalue weighted by Crippen LogP contribution is -2.06. The first-order chi connectivity index (χ1) is 11.8. The molecular weight excluding hydrogens is 329 g/mol. The average molecular weight is 348 g/mol. The number of carbonyl (C=O) groups excluding carboxylic acids is 1. The molecule has 0 bridgehead atoms. The predicted octanol–water partition coefficient (Wildman–Crippen LogP) is 4.71. The minimum absolute atomic E-state index is 0.201. The Morgan fingerprint density at radius 3 is 2.36 bits per heavy atom. The van der Waals surface area contributed by atoms with E-state index in [4.69, 9.17) is 11.5 Å². The predicted molar refractivity (Wildman–Crippen MR) is 94.1 cm³/mol. The van der Waals surface area contributed by atoms with Crippen molar-refractivity contribution in [1.82, 2.24) is 0 Å². The summed E-state index contributed by atoms with van der Waals surface area (Å²) in [7, 11) is 0. The minimum atomic E-state index is -1.06. The molecule has 2 rings (SSSR count). The van der Waals surface area contributed by atoms with Crippen LogP contribution in [0.25, 0.3) is 16.7 Å². The van der Waals surface area contributed by atoms with Crippen molar-refractivity contribution < 1.29 is 18.0 Å². The number of Topliss-reactive ketones (excluding diaryl/α,β-unsaturated/α-hetero) is 1. The van der Waals surface area contributed by atoms with Crippen LogP contribution in [-0.2, 0) is 4.79 Å². The molecule has 0 aromatic heterocycles. The van der Waals surface area contributed by atoms with Gasteiger partial charge in [0.15, 0.2) is 17.4 Å². The summed E-state index contributed by atoms with van der Waals surface area (Å²) in [5, 5.41) is 0. The second-order valence-electron chi connectivity index (χ2n) is 5.68. The van der Waals surface area contributed by atoms with Gasteiger partial charge in [-0.3, -0.25) is 4.79 Å². The molecule has 0 saturated carbocycles. The van der Waals surface area contributed by atoms with E-state index in [0.717, 1.165) is 18.6 Å². The van der Waals surface area contributed by atoms with E-state index >= 15 is 0 Å². The molecule has 0 spiro atoms. The van der Waals surface area contributed by atoms with Gasteiger partial charge in [-0.1, -0.05) is 31.6 Å². The molecule has 2 aromatic rings. The number of hydrogen-bond donors (Lipinski definition) is 2. The van der Waals surface area contributed by atoms with Crippen molar-refractivity contribution >= 4 is 22.7 Å². The van der Waals surface area contributed by atoms with Crippen LogP contribution in [0, 0.1) is 17.5 Å². The van der Waals surface area contributed by atoms with Crippen LogP contribution in [0.15, 0.2) is 30.3 Å². The van der Waals surface area contributed by atoms with E-state index in [1.165, 1.54) is 19.1 Å². The highest BCUT2D eigenvalue weighted by Crippen LogP contribution is 2.36. The Morgan fingerprint density at radius 1 is 1.08 bits per heavy atom. The summed E-state index contributed by atoms with van der Waals surface area (Å²) in [6.45, 7) is 3.29. The Labute approximate surface area is 144 Å². The van der Waals surface area contributed by atoms with Crippen LogP contribution in [0.5, 0.6) is 0 Å². The molecule has 4 N–H and O–H groups in total. The third-order valence-electron chi connectivity index (χ3n) is 3.88. The van der Waals surface area contributed by atoms with Crippen molar-refractivity contribution in [3.8, 4) is 11.1 Å². The van der Waals surface area contributed by atoms with Gasteiger partial charge in [-0.05, 0) is 25.5 Å². The molecule has 25 heavy (non-hydrogen) atoms. The van der Waals surface area contributed by atoms with Gasteiger partial charge in [0.2, 0.25) is 0 Å². The van der Waals surface area contributed by atoms with Gasteiger partial charge in [0.25, 0.3) is 0 Å². The van der Waals surface area contributed by atoms with Gasteiger partial charge in [0.1, 0.15) is 5.82 Å². The van der Waals surface area contributed by atoms with Crippen LogP contribution in [0.4, 0.5) is 24.5 Å². The lowest BCUT2D eigenvalue weighted by Gasteiger charge is -2.14. The van der Waals surface area contributed by atoms with Gasteiger partial charge in [-0.2, -0.15) is 0 Å². The zero-order valence-electron chi connectivity index (χ0n) is 14.0. The summed E-state index contributed by atoms with van der Waals surface area (Å²) >= 11 is 0. The number of rotatable bonds is 5. The van der Waals surface area contributed by atoms with E-state index in [2.05, 4.69) is 0 Å². The zero-order chi connectivity index (χ0) is 18.7. The maximum absolute atomic E-state index is 14.7. The summed E-state index contributed by atoms with van der Waals surface area (Å²) < 4.78 is 42.9. The molecule has 6 heteroatoms. The fourth-order valence-electron chi connectivity index (χ4n) is 2.57. The molecule has 0 radical (unpaired) electrons. The number of hydrogen-bond acceptors (Lipinski definition) is 3. The second kappa shape index (κ2) is 7.42. The Hall–Kier alpha value is -2.76. The molecule has 0 heterocycles. The molecule has 0 amide bonds. The van der Waals surface area contributed by atoms with Gasteiger partial charge in [0, 0.05) is 16.7 Å². The molecule has 0 unspecified atom stereocenters. The number of nitrogens with two attached hydrogens (primary N) is 2. The molecule has 0 fully saturated rings. The summed E-state index contributed by atoms with van der Waals surface area (Å²) in [6.07, 6.45) is 3.10. The number of anilines is 2. The minimum Gasteiger partial charge on any atom is -0.396 e. The van der Waals surface area contributed by atoms with E-state index < -0.39 is 23.0 Å². The van der Waals surface area contributed by atoms with Crippen LogP contribution in [-0.4, -0.2) is 5.78 Å². The molecule has 0 atom stereocenters. The molecular formula is C19H19F3N2O. The third-order valence-corrected chi connectivity index (χ3v) is 3.88. The quantitative estimate of drug-likeness (QED) is 0.607. The SMILES string of the molecule is CCC/C=C(/C(C)=O)c1ccc(-c2c(F)ccc(N)c2F)c(F)c1N. The number of carbonyl (C=O) groups is 1. The molecule has 0 aliphatic carbocycles. The fraction of sp³-hybridized carbons (Fsp3) is 0.211. The fourth-order valence-corrected chi connectivity index (χ4v) is 2.57. The van der Waals surface area contributed by atoms with Crippen molar-refractivity contribution in [2.75, 3.05) is 11.5 Å². The first-order valence-corrected chi connectivity index (χ1v) is 7.82. The van der Waals surface area contributed by atoms with E-state index in [1.807, 2.05) is 6.92 Å². The normalized spacial score (nSPS) is 11.6. The maximum Gasteiger partial charge on any atom is 0.160 e. The average Bonchev–Trinajstić information content (AvgIpc) is 2.56. The first-order valence-electron chi connectivity index (χ1n) is 7.82. The van der Waals surface area contributed by atoms with Gasteiger partial charge in [0.05, 0.1) is 16.9 Å². The Balaban J connectivity index is 2.67. The third kappa shape index (κ3) is 3.52. The van der Waals surface area contributed by atoms with Crippen LogP contribution in [0.1, 0.15) is 32.3 Å². The lowest BCUT2D eigenvalue weighted by atomic mass is 9.94. The number of ketones is 1. The number of allylic oxidation sites excluding steroid dienone is 2.